The van der Waals surface area contributed by atoms with Crippen LogP contribution >= 0.6 is 0 Å². The third-order valence-corrected chi connectivity index (χ3v) is 8.54. The molecule has 1 aliphatic rings. The SMILES string of the molecule is CCOCc1cc(CN2CCCCC2)c(-c2cccc3c(C[C@H](NC(=O)c4c(C)cccc4F)C(=O)O)cccc23)c(OC)c1. The van der Waals surface area contributed by atoms with Crippen LogP contribution in [0.5, 0.6) is 5.75 Å². The molecule has 236 valence electrons. The number of methoxy groups -OCH3 is 1. The van der Waals surface area contributed by atoms with Gasteiger partial charge in [-0.2, -0.15) is 0 Å². The van der Waals surface area contributed by atoms with E-state index < -0.39 is 23.7 Å². The molecule has 1 heterocycles. The number of halogens is 1. The summed E-state index contributed by atoms with van der Waals surface area (Å²) in [7, 11) is 1.68. The van der Waals surface area contributed by atoms with Gasteiger partial charge in [0.05, 0.1) is 19.3 Å². The first-order chi connectivity index (χ1) is 21.8. The first-order valence-corrected chi connectivity index (χ1v) is 15.6. The van der Waals surface area contributed by atoms with Gasteiger partial charge in [-0.25, -0.2) is 9.18 Å². The average molecular weight is 613 g/mol. The molecule has 1 aliphatic heterocycles. The first kappa shape index (κ1) is 32.1. The van der Waals surface area contributed by atoms with E-state index in [1.54, 1.807) is 20.1 Å². The number of nitrogens with one attached hydrogen (secondary N) is 1. The molecular weight excluding hydrogens is 571 g/mol. The minimum Gasteiger partial charge on any atom is -0.496 e. The molecule has 0 spiro atoms. The highest BCUT2D eigenvalue weighted by Crippen LogP contribution is 2.40. The number of piperidine rings is 1. The Morgan fingerprint density at radius 2 is 1.71 bits per heavy atom. The van der Waals surface area contributed by atoms with Gasteiger partial charge in [0, 0.05) is 25.1 Å². The van der Waals surface area contributed by atoms with E-state index >= 15 is 0 Å². The summed E-state index contributed by atoms with van der Waals surface area (Å²) < 4.78 is 26.2. The maximum absolute atomic E-state index is 14.5. The second-order valence-electron chi connectivity index (χ2n) is 11.6. The van der Waals surface area contributed by atoms with Crippen molar-refractivity contribution >= 4 is 22.6 Å². The van der Waals surface area contributed by atoms with Crippen LogP contribution in [0.15, 0.2) is 66.7 Å². The Hall–Kier alpha value is -4.27. The fraction of sp³-hybridized carbons (Fsp3) is 0.351. The van der Waals surface area contributed by atoms with Gasteiger partial charge in [-0.3, -0.25) is 9.69 Å². The van der Waals surface area contributed by atoms with Crippen molar-refractivity contribution in [3.63, 3.8) is 0 Å². The van der Waals surface area contributed by atoms with Crippen molar-refractivity contribution in [3.05, 3.63) is 100 Å². The molecule has 1 atom stereocenters. The van der Waals surface area contributed by atoms with Gasteiger partial charge in [0.25, 0.3) is 5.91 Å². The molecule has 45 heavy (non-hydrogen) atoms. The number of aryl methyl sites for hydroxylation is 1. The molecule has 7 nitrogen and oxygen atoms in total. The maximum Gasteiger partial charge on any atom is 0.326 e. The standard InChI is InChI=1S/C37H41FN2O5/c1-4-45-23-25-19-27(22-40-17-6-5-7-18-40)35(33(20-25)44-3)30-15-10-13-28-26(12-9-14-29(28)30)21-32(37(42)43)39-36(41)34-24(2)11-8-16-31(34)38/h8-16,19-20,32H,4-7,17-18,21-23H2,1-3H3,(H,39,41)(H,42,43)/t32-/m0/s1. The van der Waals surface area contributed by atoms with E-state index in [1.807, 2.05) is 43.3 Å². The predicted octanol–water partition coefficient (Wildman–Crippen LogP) is 6.91. The summed E-state index contributed by atoms with van der Waals surface area (Å²) in [5.41, 5.74) is 5.24. The van der Waals surface area contributed by atoms with E-state index in [0.717, 1.165) is 64.0 Å². The minimum atomic E-state index is -1.26. The first-order valence-electron chi connectivity index (χ1n) is 15.6. The summed E-state index contributed by atoms with van der Waals surface area (Å²) >= 11 is 0. The normalized spacial score (nSPS) is 14.3. The van der Waals surface area contributed by atoms with Crippen molar-refractivity contribution in [1.29, 1.82) is 0 Å². The number of carboxylic acids is 1. The van der Waals surface area contributed by atoms with Crippen molar-refractivity contribution in [2.75, 3.05) is 26.8 Å². The quantitative estimate of drug-likeness (QED) is 0.181. The van der Waals surface area contributed by atoms with Crippen LogP contribution in [0.4, 0.5) is 4.39 Å². The molecule has 4 aromatic rings. The predicted molar refractivity (Wildman–Crippen MR) is 174 cm³/mol. The minimum absolute atomic E-state index is 0.0282. The number of hydrogen-bond acceptors (Lipinski definition) is 5. The van der Waals surface area contributed by atoms with Gasteiger partial charge in [-0.1, -0.05) is 61.0 Å². The van der Waals surface area contributed by atoms with Crippen molar-refractivity contribution in [1.82, 2.24) is 10.2 Å². The number of carbonyl (C=O) groups excluding carboxylic acids is 1. The average Bonchev–Trinajstić information content (AvgIpc) is 3.03. The number of rotatable bonds is 12. The summed E-state index contributed by atoms with van der Waals surface area (Å²) in [6, 6.07) is 19.1. The summed E-state index contributed by atoms with van der Waals surface area (Å²) in [6.45, 7) is 7.60. The van der Waals surface area contributed by atoms with Crippen molar-refractivity contribution in [3.8, 4) is 16.9 Å². The Balaban J connectivity index is 1.55. The molecule has 2 N–H and O–H groups in total. The van der Waals surface area contributed by atoms with E-state index in [2.05, 4.69) is 22.3 Å². The number of likely N-dealkylation sites (tertiary alicyclic amines) is 1. The van der Waals surface area contributed by atoms with Gasteiger partial charge in [-0.05, 0) is 90.5 Å². The summed E-state index contributed by atoms with van der Waals surface area (Å²) in [5.74, 6) is -1.87. The molecule has 1 fully saturated rings. The van der Waals surface area contributed by atoms with Crippen LogP contribution in [0.3, 0.4) is 0 Å². The Kier molecular flexibility index (Phi) is 10.5. The summed E-state index contributed by atoms with van der Waals surface area (Å²) in [6.07, 6.45) is 3.64. The highest BCUT2D eigenvalue weighted by Gasteiger charge is 2.25. The number of hydrogen-bond donors (Lipinski definition) is 2. The van der Waals surface area contributed by atoms with Crippen LogP contribution in [0, 0.1) is 12.7 Å². The van der Waals surface area contributed by atoms with E-state index in [0.29, 0.717) is 18.8 Å². The summed E-state index contributed by atoms with van der Waals surface area (Å²) in [5, 5.41) is 14.5. The Morgan fingerprint density at radius 3 is 2.42 bits per heavy atom. The second kappa shape index (κ2) is 14.7. The molecule has 1 amide bonds. The Morgan fingerprint density at radius 1 is 0.978 bits per heavy atom. The van der Waals surface area contributed by atoms with Crippen LogP contribution in [-0.2, 0) is 29.1 Å². The lowest BCUT2D eigenvalue weighted by molar-refractivity contribution is -0.139. The Bertz CT molecular complexity index is 1660. The number of amides is 1. The largest absolute Gasteiger partial charge is 0.496 e. The monoisotopic (exact) mass is 612 g/mol. The number of benzene rings is 4. The number of carbonyl (C=O) groups is 2. The number of ether oxygens (including phenoxy) is 2. The molecular formula is C37H41FN2O5. The van der Waals surface area contributed by atoms with Gasteiger partial charge < -0.3 is 19.9 Å². The highest BCUT2D eigenvalue weighted by molar-refractivity contribution is 6.01. The zero-order chi connectivity index (χ0) is 31.9. The lowest BCUT2D eigenvalue weighted by Gasteiger charge is -2.28. The van der Waals surface area contributed by atoms with Crippen LogP contribution < -0.4 is 10.1 Å². The van der Waals surface area contributed by atoms with Gasteiger partial charge in [-0.15, -0.1) is 0 Å². The lowest BCUT2D eigenvalue weighted by Crippen LogP contribution is -2.42. The van der Waals surface area contributed by atoms with E-state index in [4.69, 9.17) is 9.47 Å². The van der Waals surface area contributed by atoms with Crippen LogP contribution in [0.2, 0.25) is 0 Å². The molecule has 0 bridgehead atoms. The molecule has 0 saturated carbocycles. The maximum atomic E-state index is 14.5. The molecule has 8 heteroatoms. The topological polar surface area (TPSA) is 88.1 Å². The fourth-order valence-electron chi connectivity index (χ4n) is 6.33. The third-order valence-electron chi connectivity index (χ3n) is 8.54. The smallest absolute Gasteiger partial charge is 0.326 e. The van der Waals surface area contributed by atoms with Gasteiger partial charge in [0.2, 0.25) is 0 Å². The second-order valence-corrected chi connectivity index (χ2v) is 11.6. The van der Waals surface area contributed by atoms with Crippen molar-refractivity contribution in [2.24, 2.45) is 0 Å². The third kappa shape index (κ3) is 7.35. The van der Waals surface area contributed by atoms with Gasteiger partial charge in [0.15, 0.2) is 0 Å². The lowest BCUT2D eigenvalue weighted by atomic mass is 9.89. The zero-order valence-electron chi connectivity index (χ0n) is 26.2. The van der Waals surface area contributed by atoms with E-state index in [-0.39, 0.29) is 12.0 Å². The molecule has 1 saturated heterocycles. The number of aliphatic carboxylic acids is 1. The fourth-order valence-corrected chi connectivity index (χ4v) is 6.33. The summed E-state index contributed by atoms with van der Waals surface area (Å²) in [4.78, 5) is 27.9. The molecule has 0 unspecified atom stereocenters. The van der Waals surface area contributed by atoms with Crippen LogP contribution in [-0.4, -0.2) is 54.7 Å². The van der Waals surface area contributed by atoms with Crippen molar-refractivity contribution in [2.45, 2.75) is 58.7 Å². The van der Waals surface area contributed by atoms with E-state index in [1.165, 1.54) is 31.4 Å². The molecule has 0 aliphatic carbocycles. The zero-order valence-corrected chi connectivity index (χ0v) is 26.2. The van der Waals surface area contributed by atoms with Crippen molar-refractivity contribution < 1.29 is 28.6 Å². The number of fused-ring (bicyclic) bond motifs is 1. The molecule has 4 aromatic carbocycles. The highest BCUT2D eigenvalue weighted by atomic mass is 19.1. The number of nitrogens with zero attached hydrogens (tertiary/aromatic N) is 1. The van der Waals surface area contributed by atoms with Gasteiger partial charge in [0.1, 0.15) is 17.6 Å². The molecule has 0 radical (unpaired) electrons. The Labute approximate surface area is 264 Å². The van der Waals surface area contributed by atoms with E-state index in [9.17, 15) is 19.1 Å². The molecule has 5 rings (SSSR count). The molecule has 0 aromatic heterocycles. The van der Waals surface area contributed by atoms with Crippen LogP contribution in [0.25, 0.3) is 21.9 Å². The van der Waals surface area contributed by atoms with Gasteiger partial charge >= 0.3 is 5.97 Å². The van der Waals surface area contributed by atoms with Crippen LogP contribution in [0.1, 0.15) is 58.8 Å². The number of carboxylic acid groups (broad SMARTS) is 1.